The average Bonchev–Trinajstić information content (AvgIpc) is 2.74. The van der Waals surface area contributed by atoms with Gasteiger partial charge in [-0.15, -0.1) is 0 Å². The van der Waals surface area contributed by atoms with E-state index in [1.54, 1.807) is 44.2 Å². The van der Waals surface area contributed by atoms with Gasteiger partial charge < -0.3 is 9.47 Å². The number of benzene rings is 2. The molecule has 2 rings (SSSR count). The van der Waals surface area contributed by atoms with Crippen LogP contribution in [-0.2, 0) is 19.1 Å². The second-order valence-corrected chi connectivity index (χ2v) is 6.43. The number of nitro groups is 1. The van der Waals surface area contributed by atoms with Gasteiger partial charge in [-0.25, -0.2) is 0 Å². The van der Waals surface area contributed by atoms with Crippen LogP contribution < -0.4 is 0 Å². The van der Waals surface area contributed by atoms with Crippen LogP contribution in [0.1, 0.15) is 42.1 Å². The minimum absolute atomic E-state index is 0.0500. The number of Topliss-reactive ketones (excluding diaryl/α,β-unsaturated/α-hetero) is 1. The zero-order valence-electron chi connectivity index (χ0n) is 16.8. The van der Waals surface area contributed by atoms with E-state index in [1.165, 1.54) is 24.3 Å². The molecule has 0 radical (unpaired) electrons. The van der Waals surface area contributed by atoms with Gasteiger partial charge in [0.15, 0.2) is 11.7 Å². The molecule has 0 aliphatic heterocycles. The van der Waals surface area contributed by atoms with Gasteiger partial charge in [-0.2, -0.15) is 0 Å². The molecule has 0 N–H and O–H groups in total. The maximum Gasteiger partial charge on any atom is 0.320 e. The monoisotopic (exact) mass is 413 g/mol. The van der Waals surface area contributed by atoms with Gasteiger partial charge >= 0.3 is 11.9 Å². The van der Waals surface area contributed by atoms with Crippen molar-refractivity contribution >= 4 is 23.4 Å². The van der Waals surface area contributed by atoms with Crippen LogP contribution in [0.15, 0.2) is 54.6 Å². The van der Waals surface area contributed by atoms with E-state index in [2.05, 4.69) is 0 Å². The molecule has 2 aromatic carbocycles. The number of nitrogens with zero attached hydrogens (tertiary/aromatic N) is 1. The standard InChI is InChI=1S/C22H23NO7/c1-3-29-21(25)20(22(26)30-4-2)18(14-19(24)16-8-6-5-7-9-16)15-10-12-17(13-11-15)23(27)28/h5-13,18,20H,3-4,14H2,1-2H3/t18-/m0/s1. The Morgan fingerprint density at radius 3 is 1.90 bits per heavy atom. The zero-order valence-corrected chi connectivity index (χ0v) is 16.8. The summed E-state index contributed by atoms with van der Waals surface area (Å²) in [7, 11) is 0. The van der Waals surface area contributed by atoms with Crippen molar-refractivity contribution in [2.24, 2.45) is 5.92 Å². The molecule has 0 saturated heterocycles. The Morgan fingerprint density at radius 2 is 1.43 bits per heavy atom. The highest BCUT2D eigenvalue weighted by atomic mass is 16.6. The highest BCUT2D eigenvalue weighted by molar-refractivity contribution is 6.00. The first-order valence-electron chi connectivity index (χ1n) is 9.54. The molecule has 0 fully saturated rings. The predicted octanol–water partition coefficient (Wildman–Crippen LogP) is 3.69. The zero-order chi connectivity index (χ0) is 22.1. The first kappa shape index (κ1) is 22.7. The molecule has 0 heterocycles. The van der Waals surface area contributed by atoms with Crippen LogP contribution in [0.25, 0.3) is 0 Å². The molecule has 8 heteroatoms. The summed E-state index contributed by atoms with van der Waals surface area (Å²) in [6.45, 7) is 3.31. The normalized spacial score (nSPS) is 11.6. The van der Waals surface area contributed by atoms with Gasteiger partial charge in [0.25, 0.3) is 5.69 Å². The number of ether oxygens (including phenoxy) is 2. The summed E-state index contributed by atoms with van der Waals surface area (Å²) in [4.78, 5) is 48.5. The van der Waals surface area contributed by atoms with Crippen molar-refractivity contribution in [3.8, 4) is 0 Å². The largest absolute Gasteiger partial charge is 0.465 e. The summed E-state index contributed by atoms with van der Waals surface area (Å²) in [5.74, 6) is -4.17. The molecule has 1 atom stereocenters. The van der Waals surface area contributed by atoms with Crippen molar-refractivity contribution in [2.45, 2.75) is 26.2 Å². The third-order valence-corrected chi connectivity index (χ3v) is 4.52. The van der Waals surface area contributed by atoms with E-state index < -0.39 is 28.7 Å². The SMILES string of the molecule is CCOC(=O)C(C(=O)OCC)[C@@H](CC(=O)c1ccccc1)c1ccc([N+](=O)[O-])cc1. The van der Waals surface area contributed by atoms with Crippen molar-refractivity contribution in [1.29, 1.82) is 0 Å². The number of ketones is 1. The number of hydrogen-bond donors (Lipinski definition) is 0. The summed E-state index contributed by atoms with van der Waals surface area (Å²) >= 11 is 0. The van der Waals surface area contributed by atoms with Crippen LogP contribution >= 0.6 is 0 Å². The minimum Gasteiger partial charge on any atom is -0.465 e. The molecule has 0 aliphatic carbocycles. The Morgan fingerprint density at radius 1 is 0.900 bits per heavy atom. The molecular weight excluding hydrogens is 390 g/mol. The van der Waals surface area contributed by atoms with Crippen LogP contribution in [0.5, 0.6) is 0 Å². The van der Waals surface area contributed by atoms with Crippen molar-refractivity contribution in [3.05, 3.63) is 75.8 Å². The van der Waals surface area contributed by atoms with Crippen LogP contribution in [0.4, 0.5) is 5.69 Å². The van der Waals surface area contributed by atoms with Crippen LogP contribution in [0.3, 0.4) is 0 Å². The topological polar surface area (TPSA) is 113 Å². The first-order valence-corrected chi connectivity index (χ1v) is 9.54. The smallest absolute Gasteiger partial charge is 0.320 e. The fraction of sp³-hybridized carbons (Fsp3) is 0.318. The van der Waals surface area contributed by atoms with Crippen molar-refractivity contribution in [2.75, 3.05) is 13.2 Å². The third-order valence-electron chi connectivity index (χ3n) is 4.52. The summed E-state index contributed by atoms with van der Waals surface area (Å²) in [5.41, 5.74) is 0.711. The lowest BCUT2D eigenvalue weighted by atomic mass is 9.81. The fourth-order valence-electron chi connectivity index (χ4n) is 3.10. The van der Waals surface area contributed by atoms with Gasteiger partial charge in [-0.3, -0.25) is 24.5 Å². The van der Waals surface area contributed by atoms with Crippen molar-refractivity contribution < 1.29 is 28.8 Å². The number of carbonyl (C=O) groups is 3. The number of non-ortho nitro benzene ring substituents is 1. The van der Waals surface area contributed by atoms with Gasteiger partial charge in [0.1, 0.15) is 0 Å². The van der Waals surface area contributed by atoms with Gasteiger partial charge in [0.2, 0.25) is 0 Å². The molecule has 8 nitrogen and oxygen atoms in total. The maximum absolute atomic E-state index is 12.9. The Hall–Kier alpha value is -3.55. The predicted molar refractivity (Wildman–Crippen MR) is 108 cm³/mol. The lowest BCUT2D eigenvalue weighted by Crippen LogP contribution is -2.34. The van der Waals surface area contributed by atoms with Crippen molar-refractivity contribution in [3.63, 3.8) is 0 Å². The van der Waals surface area contributed by atoms with E-state index >= 15 is 0 Å². The van der Waals surface area contributed by atoms with Crippen LogP contribution in [0, 0.1) is 16.0 Å². The molecule has 0 aromatic heterocycles. The quantitative estimate of drug-likeness (QED) is 0.192. The number of esters is 2. The number of hydrogen-bond acceptors (Lipinski definition) is 7. The molecule has 30 heavy (non-hydrogen) atoms. The van der Waals surface area contributed by atoms with Gasteiger partial charge in [-0.1, -0.05) is 42.5 Å². The molecule has 0 amide bonds. The van der Waals surface area contributed by atoms with E-state index in [0.29, 0.717) is 11.1 Å². The Kier molecular flexibility index (Phi) is 8.22. The van der Waals surface area contributed by atoms with Crippen LogP contribution in [-0.4, -0.2) is 35.9 Å². The lowest BCUT2D eigenvalue weighted by Gasteiger charge is -2.24. The van der Waals surface area contributed by atoms with E-state index in [1.807, 2.05) is 0 Å². The molecular formula is C22H23NO7. The molecule has 0 saturated carbocycles. The summed E-state index contributed by atoms with van der Waals surface area (Å²) in [6, 6.07) is 13.9. The molecule has 0 unspecified atom stereocenters. The summed E-state index contributed by atoms with van der Waals surface area (Å²) in [6.07, 6.45) is -0.176. The van der Waals surface area contributed by atoms with Crippen molar-refractivity contribution in [1.82, 2.24) is 0 Å². The Balaban J connectivity index is 2.48. The number of nitro benzene ring substituents is 1. The van der Waals surface area contributed by atoms with Gasteiger partial charge in [0, 0.05) is 30.0 Å². The lowest BCUT2D eigenvalue weighted by molar-refractivity contribution is -0.384. The number of carbonyl (C=O) groups excluding carboxylic acids is 3. The molecule has 0 spiro atoms. The second kappa shape index (κ2) is 10.8. The molecule has 0 aliphatic rings. The van der Waals surface area contributed by atoms with Gasteiger partial charge in [0.05, 0.1) is 18.1 Å². The highest BCUT2D eigenvalue weighted by Crippen LogP contribution is 2.33. The average molecular weight is 413 g/mol. The van der Waals surface area contributed by atoms with Gasteiger partial charge in [-0.05, 0) is 19.4 Å². The molecule has 0 bridgehead atoms. The third kappa shape index (κ3) is 5.73. The van der Waals surface area contributed by atoms with Crippen LogP contribution in [0.2, 0.25) is 0 Å². The number of rotatable bonds is 10. The Labute approximate surface area is 174 Å². The summed E-state index contributed by atoms with van der Waals surface area (Å²) in [5, 5.41) is 11.0. The van der Waals surface area contributed by atoms with E-state index in [-0.39, 0.29) is 31.1 Å². The Bertz CT molecular complexity index is 875. The van der Waals surface area contributed by atoms with E-state index in [0.717, 1.165) is 0 Å². The maximum atomic E-state index is 12.9. The second-order valence-electron chi connectivity index (χ2n) is 6.43. The molecule has 158 valence electrons. The van der Waals surface area contributed by atoms with E-state index in [9.17, 15) is 24.5 Å². The van der Waals surface area contributed by atoms with E-state index in [4.69, 9.17) is 9.47 Å². The minimum atomic E-state index is -1.38. The first-order chi connectivity index (χ1) is 14.4. The summed E-state index contributed by atoms with van der Waals surface area (Å²) < 4.78 is 10.1. The highest BCUT2D eigenvalue weighted by Gasteiger charge is 2.39. The fourth-order valence-corrected chi connectivity index (χ4v) is 3.10. The molecule has 2 aromatic rings.